The molecule has 2 aromatic carbocycles. The fourth-order valence-corrected chi connectivity index (χ4v) is 4.32. The van der Waals surface area contributed by atoms with Gasteiger partial charge >= 0.3 is 0 Å². The maximum atomic E-state index is 9.53. The Balaban J connectivity index is 1.93. The molecule has 148 valence electrons. The Morgan fingerprint density at radius 1 is 1.00 bits per heavy atom. The van der Waals surface area contributed by atoms with Gasteiger partial charge in [0.2, 0.25) is 0 Å². The van der Waals surface area contributed by atoms with Crippen molar-refractivity contribution in [2.45, 2.75) is 77.4 Å². The molecule has 0 amide bonds. The summed E-state index contributed by atoms with van der Waals surface area (Å²) < 4.78 is 6.76. The summed E-state index contributed by atoms with van der Waals surface area (Å²) in [5, 5.41) is 11.8. The molecule has 3 rings (SSSR count). The number of aliphatic hydroxyl groups is 1. The van der Waals surface area contributed by atoms with Crippen molar-refractivity contribution in [2.24, 2.45) is 11.1 Å². The van der Waals surface area contributed by atoms with E-state index in [1.54, 1.807) is 0 Å². The molecule has 3 heteroatoms. The van der Waals surface area contributed by atoms with Crippen molar-refractivity contribution >= 4 is 10.8 Å². The first-order valence-corrected chi connectivity index (χ1v) is 10.4. The molecule has 1 fully saturated rings. The lowest BCUT2D eigenvalue weighted by Gasteiger charge is -2.49. The highest BCUT2D eigenvalue weighted by molar-refractivity contribution is 5.84. The molecule has 0 aromatic heterocycles. The van der Waals surface area contributed by atoms with Crippen molar-refractivity contribution in [1.29, 1.82) is 0 Å². The summed E-state index contributed by atoms with van der Waals surface area (Å²) in [5.74, 6) is 0.955. The Labute approximate surface area is 163 Å². The topological polar surface area (TPSA) is 55.5 Å². The van der Waals surface area contributed by atoms with Crippen LogP contribution in [-0.2, 0) is 5.54 Å². The number of hydrogen-bond acceptors (Lipinski definition) is 3. The van der Waals surface area contributed by atoms with E-state index in [2.05, 4.69) is 51.1 Å². The average molecular weight is 370 g/mol. The van der Waals surface area contributed by atoms with Crippen LogP contribution in [0.25, 0.3) is 10.8 Å². The van der Waals surface area contributed by atoms with E-state index in [0.29, 0.717) is 0 Å². The molecule has 0 radical (unpaired) electrons. The van der Waals surface area contributed by atoms with Gasteiger partial charge in [-0.05, 0) is 73.6 Å². The third-order valence-corrected chi connectivity index (χ3v) is 6.89. The van der Waals surface area contributed by atoms with E-state index in [1.807, 2.05) is 13.0 Å². The fraction of sp³-hybridized carbons (Fsp3) is 0.583. The Morgan fingerprint density at radius 2 is 1.63 bits per heavy atom. The third-order valence-electron chi connectivity index (χ3n) is 6.89. The van der Waals surface area contributed by atoms with Gasteiger partial charge in [0.1, 0.15) is 11.4 Å². The van der Waals surface area contributed by atoms with Gasteiger partial charge in [-0.3, -0.25) is 0 Å². The number of nitrogens with two attached hydrogens (primary N) is 1. The number of aliphatic hydroxyl groups excluding tert-OH is 1. The van der Waals surface area contributed by atoms with Gasteiger partial charge in [0, 0.05) is 5.41 Å². The predicted molar refractivity (Wildman–Crippen MR) is 113 cm³/mol. The third kappa shape index (κ3) is 3.86. The second kappa shape index (κ2) is 7.44. The molecule has 0 heterocycles. The smallest absolute Gasteiger partial charge is 0.120 e. The minimum atomic E-state index is -0.722. The van der Waals surface area contributed by atoms with Gasteiger partial charge in [-0.25, -0.2) is 0 Å². The molecule has 1 saturated carbocycles. The van der Waals surface area contributed by atoms with Gasteiger partial charge in [0.05, 0.1) is 12.1 Å². The van der Waals surface area contributed by atoms with Crippen LogP contribution in [0.5, 0.6) is 5.75 Å². The highest BCUT2D eigenvalue weighted by Crippen LogP contribution is 2.47. The molecule has 1 aliphatic rings. The maximum absolute atomic E-state index is 9.53. The van der Waals surface area contributed by atoms with Crippen molar-refractivity contribution in [1.82, 2.24) is 0 Å². The van der Waals surface area contributed by atoms with Crippen molar-refractivity contribution in [3.8, 4) is 5.75 Å². The summed E-state index contributed by atoms with van der Waals surface area (Å²) in [5.41, 5.74) is 6.48. The van der Waals surface area contributed by atoms with Gasteiger partial charge < -0.3 is 15.6 Å². The Bertz CT molecular complexity index is 788. The van der Waals surface area contributed by atoms with E-state index < -0.39 is 5.54 Å². The number of fused-ring (bicyclic) bond motifs is 1. The summed E-state index contributed by atoms with van der Waals surface area (Å²) in [6.45, 7) is 8.75. The molecule has 3 N–H and O–H groups in total. The molecule has 0 unspecified atom stereocenters. The van der Waals surface area contributed by atoms with E-state index in [4.69, 9.17) is 10.5 Å². The standard InChI is InChI=1S/C24H35NO2/c1-5-22(2,3)24(13-7-6-8-14-24)27-21-12-10-18-15-20(23(4,25)17-26)11-9-19(18)16-21/h9-12,15-16,26H,5-8,13-14,17,25H2,1-4H3/t23-/m0/s1. The zero-order chi connectivity index (χ0) is 19.7. The van der Waals surface area contributed by atoms with Crippen LogP contribution in [0.2, 0.25) is 0 Å². The molecule has 2 aromatic rings. The van der Waals surface area contributed by atoms with Gasteiger partial charge in [-0.1, -0.05) is 45.4 Å². The molecular weight excluding hydrogens is 334 g/mol. The highest BCUT2D eigenvalue weighted by Gasteiger charge is 2.46. The van der Waals surface area contributed by atoms with E-state index in [-0.39, 0.29) is 17.6 Å². The normalized spacial score (nSPS) is 19.6. The van der Waals surface area contributed by atoms with Gasteiger partial charge in [-0.15, -0.1) is 0 Å². The van der Waals surface area contributed by atoms with Crippen LogP contribution in [0.4, 0.5) is 0 Å². The van der Waals surface area contributed by atoms with Crippen molar-refractivity contribution in [2.75, 3.05) is 6.61 Å². The molecular formula is C24H35NO2. The van der Waals surface area contributed by atoms with Crippen LogP contribution in [0.1, 0.15) is 71.8 Å². The van der Waals surface area contributed by atoms with Gasteiger partial charge in [-0.2, -0.15) is 0 Å². The van der Waals surface area contributed by atoms with E-state index in [9.17, 15) is 5.11 Å². The lowest BCUT2D eigenvalue weighted by molar-refractivity contribution is -0.0723. The van der Waals surface area contributed by atoms with Gasteiger partial charge in [0.25, 0.3) is 0 Å². The molecule has 27 heavy (non-hydrogen) atoms. The molecule has 0 bridgehead atoms. The van der Waals surface area contributed by atoms with Crippen molar-refractivity contribution in [3.05, 3.63) is 42.0 Å². The van der Waals surface area contributed by atoms with Crippen LogP contribution in [0, 0.1) is 5.41 Å². The first kappa shape index (κ1) is 20.2. The van der Waals surface area contributed by atoms with E-state index >= 15 is 0 Å². The second-order valence-electron chi connectivity index (χ2n) is 9.19. The lowest BCUT2D eigenvalue weighted by Crippen LogP contribution is -2.50. The minimum Gasteiger partial charge on any atom is -0.487 e. The zero-order valence-corrected chi connectivity index (χ0v) is 17.3. The summed E-state index contributed by atoms with van der Waals surface area (Å²) in [4.78, 5) is 0. The molecule has 0 saturated heterocycles. The molecule has 1 aliphatic carbocycles. The monoisotopic (exact) mass is 369 g/mol. The quantitative estimate of drug-likeness (QED) is 0.704. The Kier molecular flexibility index (Phi) is 5.56. The maximum Gasteiger partial charge on any atom is 0.120 e. The number of benzene rings is 2. The van der Waals surface area contributed by atoms with Crippen LogP contribution >= 0.6 is 0 Å². The second-order valence-corrected chi connectivity index (χ2v) is 9.19. The van der Waals surface area contributed by atoms with E-state index in [1.165, 1.54) is 19.3 Å². The first-order chi connectivity index (χ1) is 12.7. The molecule has 0 spiro atoms. The summed E-state index contributed by atoms with van der Waals surface area (Å²) in [6.07, 6.45) is 7.18. The average Bonchev–Trinajstić information content (AvgIpc) is 2.68. The van der Waals surface area contributed by atoms with E-state index in [0.717, 1.165) is 41.3 Å². The SMILES string of the molecule is CCC(C)(C)C1(Oc2ccc3cc([C@@](C)(N)CO)ccc3c2)CCCCC1. The molecule has 0 aliphatic heterocycles. The predicted octanol–water partition coefficient (Wildman–Crippen LogP) is 5.52. The minimum absolute atomic E-state index is 0.0751. The van der Waals surface area contributed by atoms with Crippen LogP contribution in [0.3, 0.4) is 0 Å². The summed E-state index contributed by atoms with van der Waals surface area (Å²) in [6, 6.07) is 12.5. The fourth-order valence-electron chi connectivity index (χ4n) is 4.32. The van der Waals surface area contributed by atoms with Crippen LogP contribution < -0.4 is 10.5 Å². The number of ether oxygens (including phenoxy) is 1. The van der Waals surface area contributed by atoms with Crippen LogP contribution in [0.15, 0.2) is 36.4 Å². The molecule has 1 atom stereocenters. The Morgan fingerprint density at radius 3 is 2.26 bits per heavy atom. The number of hydrogen-bond donors (Lipinski definition) is 2. The number of rotatable bonds is 6. The lowest BCUT2D eigenvalue weighted by atomic mass is 9.65. The highest BCUT2D eigenvalue weighted by atomic mass is 16.5. The van der Waals surface area contributed by atoms with Crippen molar-refractivity contribution in [3.63, 3.8) is 0 Å². The molecule has 3 nitrogen and oxygen atoms in total. The largest absolute Gasteiger partial charge is 0.487 e. The van der Waals surface area contributed by atoms with Gasteiger partial charge in [0.15, 0.2) is 0 Å². The van der Waals surface area contributed by atoms with Crippen molar-refractivity contribution < 1.29 is 9.84 Å². The summed E-state index contributed by atoms with van der Waals surface area (Å²) in [7, 11) is 0. The van der Waals surface area contributed by atoms with Crippen LogP contribution in [-0.4, -0.2) is 17.3 Å². The zero-order valence-electron chi connectivity index (χ0n) is 17.3. The first-order valence-electron chi connectivity index (χ1n) is 10.4. The Hall–Kier alpha value is -1.58. The summed E-state index contributed by atoms with van der Waals surface area (Å²) >= 11 is 0.